The number of hydrogen-bond donors (Lipinski definition) is 2. The number of nitrogen functional groups attached to an aromatic ring is 1. The summed E-state index contributed by atoms with van der Waals surface area (Å²) in [6.07, 6.45) is 0. The van der Waals surface area contributed by atoms with Crippen molar-refractivity contribution in [1.29, 1.82) is 0 Å². The number of H-pyrrole nitrogens is 1. The summed E-state index contributed by atoms with van der Waals surface area (Å²) >= 11 is 1.52. The van der Waals surface area contributed by atoms with Gasteiger partial charge in [-0.25, -0.2) is 9.89 Å². The number of anilines is 1. The third-order valence-corrected chi connectivity index (χ3v) is 3.41. The number of benzene rings is 1. The summed E-state index contributed by atoms with van der Waals surface area (Å²) in [5.41, 5.74) is 7.40. The number of nitrogens with two attached hydrogens (primary N) is 1. The molecular formula is C11H14N4OS. The van der Waals surface area contributed by atoms with Gasteiger partial charge in [0.05, 0.1) is 0 Å². The van der Waals surface area contributed by atoms with E-state index in [0.29, 0.717) is 11.7 Å². The van der Waals surface area contributed by atoms with Crippen LogP contribution in [0.5, 0.6) is 0 Å². The first kappa shape index (κ1) is 11.8. The van der Waals surface area contributed by atoms with Crippen LogP contribution in [0.3, 0.4) is 0 Å². The average Bonchev–Trinajstić information content (AvgIpc) is 2.67. The molecule has 0 saturated heterocycles. The first-order valence-electron chi connectivity index (χ1n) is 5.33. The van der Waals surface area contributed by atoms with E-state index in [4.69, 9.17) is 5.73 Å². The smallest absolute Gasteiger partial charge is 0.343 e. The van der Waals surface area contributed by atoms with Gasteiger partial charge in [-0.2, -0.15) is 0 Å². The molecule has 3 N–H and O–H groups in total. The highest BCUT2D eigenvalue weighted by atomic mass is 32.2. The molecule has 0 radical (unpaired) electrons. The van der Waals surface area contributed by atoms with E-state index >= 15 is 0 Å². The Bertz CT molecular complexity index is 561. The lowest BCUT2D eigenvalue weighted by Crippen LogP contribution is -2.16. The van der Waals surface area contributed by atoms with Gasteiger partial charge in [0.1, 0.15) is 0 Å². The molecule has 0 aliphatic heterocycles. The Balaban J connectivity index is 2.10. The zero-order valence-corrected chi connectivity index (χ0v) is 10.3. The minimum absolute atomic E-state index is 0.164. The maximum atomic E-state index is 11.3. The van der Waals surface area contributed by atoms with Crippen LogP contribution in [-0.2, 0) is 12.3 Å². The maximum absolute atomic E-state index is 11.3. The Labute approximate surface area is 103 Å². The van der Waals surface area contributed by atoms with Crippen molar-refractivity contribution in [3.8, 4) is 0 Å². The topological polar surface area (TPSA) is 76.7 Å². The summed E-state index contributed by atoms with van der Waals surface area (Å²) in [4.78, 5) is 11.3. The highest BCUT2D eigenvalue weighted by Gasteiger charge is 2.06. The fourth-order valence-corrected chi connectivity index (χ4v) is 2.48. The normalized spacial score (nSPS) is 10.6. The zero-order valence-electron chi connectivity index (χ0n) is 9.51. The van der Waals surface area contributed by atoms with Crippen LogP contribution in [0.1, 0.15) is 12.5 Å². The number of aromatic nitrogens is 3. The molecule has 6 heteroatoms. The van der Waals surface area contributed by atoms with Crippen LogP contribution in [0.15, 0.2) is 34.2 Å². The zero-order chi connectivity index (χ0) is 12.3. The van der Waals surface area contributed by atoms with Gasteiger partial charge < -0.3 is 5.73 Å². The molecule has 17 heavy (non-hydrogen) atoms. The van der Waals surface area contributed by atoms with Gasteiger partial charge in [0.15, 0.2) is 5.16 Å². The Hall–Kier alpha value is -1.69. The van der Waals surface area contributed by atoms with Crippen molar-refractivity contribution >= 4 is 17.4 Å². The predicted octanol–water partition coefficient (Wildman–Crippen LogP) is 1.47. The fraction of sp³-hybridized carbons (Fsp3) is 0.273. The van der Waals surface area contributed by atoms with Crippen molar-refractivity contribution < 1.29 is 0 Å². The highest BCUT2D eigenvalue weighted by molar-refractivity contribution is 7.98. The van der Waals surface area contributed by atoms with Crippen molar-refractivity contribution in [2.24, 2.45) is 0 Å². The predicted molar refractivity (Wildman–Crippen MR) is 68.9 cm³/mol. The summed E-state index contributed by atoms with van der Waals surface area (Å²) in [6, 6.07) is 7.70. The molecular weight excluding hydrogens is 236 g/mol. The van der Waals surface area contributed by atoms with E-state index in [1.165, 1.54) is 11.8 Å². The van der Waals surface area contributed by atoms with E-state index in [9.17, 15) is 4.79 Å². The van der Waals surface area contributed by atoms with Crippen molar-refractivity contribution in [3.63, 3.8) is 0 Å². The van der Waals surface area contributed by atoms with Crippen LogP contribution in [-0.4, -0.2) is 14.8 Å². The van der Waals surface area contributed by atoms with Crippen LogP contribution in [0.25, 0.3) is 0 Å². The SMILES string of the molecule is CCn1c(SCc2cccc(N)c2)n[nH]c1=O. The summed E-state index contributed by atoms with van der Waals surface area (Å²) in [5, 5.41) is 7.14. The molecule has 0 aliphatic rings. The van der Waals surface area contributed by atoms with Gasteiger partial charge in [-0.15, -0.1) is 5.10 Å². The monoisotopic (exact) mass is 250 g/mol. The Morgan fingerprint density at radius 3 is 3.06 bits per heavy atom. The largest absolute Gasteiger partial charge is 0.399 e. The van der Waals surface area contributed by atoms with Crippen molar-refractivity contribution in [2.45, 2.75) is 24.4 Å². The molecule has 0 saturated carbocycles. The van der Waals surface area contributed by atoms with Crippen molar-refractivity contribution in [3.05, 3.63) is 40.3 Å². The molecule has 0 aliphatic carbocycles. The highest BCUT2D eigenvalue weighted by Crippen LogP contribution is 2.20. The van der Waals surface area contributed by atoms with Gasteiger partial charge in [0.2, 0.25) is 0 Å². The fourth-order valence-electron chi connectivity index (χ4n) is 1.52. The van der Waals surface area contributed by atoms with E-state index < -0.39 is 0 Å². The lowest BCUT2D eigenvalue weighted by molar-refractivity contribution is 0.660. The Kier molecular flexibility index (Phi) is 3.53. The third kappa shape index (κ3) is 2.71. The van der Waals surface area contributed by atoms with Crippen LogP contribution in [0, 0.1) is 0 Å². The number of rotatable bonds is 4. The molecule has 0 fully saturated rings. The molecule has 0 spiro atoms. The second kappa shape index (κ2) is 5.09. The number of hydrogen-bond acceptors (Lipinski definition) is 4. The minimum atomic E-state index is -0.164. The summed E-state index contributed by atoms with van der Waals surface area (Å²) < 4.78 is 1.61. The van der Waals surface area contributed by atoms with E-state index in [-0.39, 0.29) is 5.69 Å². The maximum Gasteiger partial charge on any atom is 0.343 e. The van der Waals surface area contributed by atoms with E-state index in [2.05, 4.69) is 10.2 Å². The molecule has 0 atom stereocenters. The Morgan fingerprint density at radius 2 is 2.35 bits per heavy atom. The molecule has 90 valence electrons. The Morgan fingerprint density at radius 1 is 1.53 bits per heavy atom. The van der Waals surface area contributed by atoms with E-state index in [0.717, 1.165) is 17.0 Å². The van der Waals surface area contributed by atoms with Gasteiger partial charge >= 0.3 is 5.69 Å². The molecule has 0 bridgehead atoms. The number of aromatic amines is 1. The van der Waals surface area contributed by atoms with Crippen LogP contribution < -0.4 is 11.4 Å². The molecule has 1 heterocycles. The summed E-state index contributed by atoms with van der Waals surface area (Å²) in [6.45, 7) is 2.54. The summed E-state index contributed by atoms with van der Waals surface area (Å²) in [7, 11) is 0. The van der Waals surface area contributed by atoms with Crippen LogP contribution in [0.4, 0.5) is 5.69 Å². The lowest BCUT2D eigenvalue weighted by Gasteiger charge is -2.03. The van der Waals surface area contributed by atoms with Gasteiger partial charge in [0, 0.05) is 18.0 Å². The quantitative estimate of drug-likeness (QED) is 0.636. The molecule has 0 amide bonds. The van der Waals surface area contributed by atoms with Gasteiger partial charge in [-0.1, -0.05) is 23.9 Å². The average molecular weight is 250 g/mol. The van der Waals surface area contributed by atoms with Gasteiger partial charge in [-0.05, 0) is 24.6 Å². The minimum Gasteiger partial charge on any atom is -0.399 e. The van der Waals surface area contributed by atoms with E-state index in [1.54, 1.807) is 4.57 Å². The summed E-state index contributed by atoms with van der Waals surface area (Å²) in [5.74, 6) is 0.745. The van der Waals surface area contributed by atoms with Crippen molar-refractivity contribution in [2.75, 3.05) is 5.73 Å². The molecule has 1 aromatic carbocycles. The lowest BCUT2D eigenvalue weighted by atomic mass is 10.2. The van der Waals surface area contributed by atoms with Crippen LogP contribution in [0.2, 0.25) is 0 Å². The molecule has 0 unspecified atom stereocenters. The van der Waals surface area contributed by atoms with Crippen molar-refractivity contribution in [1.82, 2.24) is 14.8 Å². The number of nitrogens with one attached hydrogen (secondary N) is 1. The number of nitrogens with zero attached hydrogens (tertiary/aromatic N) is 2. The first-order chi connectivity index (χ1) is 8.20. The van der Waals surface area contributed by atoms with Gasteiger partial charge in [0.25, 0.3) is 0 Å². The van der Waals surface area contributed by atoms with Gasteiger partial charge in [-0.3, -0.25) is 4.57 Å². The molecule has 2 rings (SSSR count). The molecule has 5 nitrogen and oxygen atoms in total. The third-order valence-electron chi connectivity index (χ3n) is 2.36. The van der Waals surface area contributed by atoms with Crippen LogP contribution >= 0.6 is 11.8 Å². The second-order valence-corrected chi connectivity index (χ2v) is 4.53. The van der Waals surface area contributed by atoms with E-state index in [1.807, 2.05) is 31.2 Å². The molecule has 1 aromatic heterocycles. The first-order valence-corrected chi connectivity index (χ1v) is 6.31. The standard InChI is InChI=1S/C11H14N4OS/c1-2-15-10(16)13-14-11(15)17-7-8-4-3-5-9(12)6-8/h3-6H,2,7,12H2,1H3,(H,13,16). The second-order valence-electron chi connectivity index (χ2n) is 3.59. The molecule has 2 aromatic rings. The number of thioether (sulfide) groups is 1.